The number of rotatable bonds is 4. The van der Waals surface area contributed by atoms with Crippen molar-refractivity contribution in [1.29, 1.82) is 0 Å². The number of furan rings is 1. The Morgan fingerprint density at radius 2 is 2.08 bits per heavy atom. The second-order valence-electron chi connectivity index (χ2n) is 4.90. The molecule has 3 rings (SSSR count). The zero-order valence-corrected chi connectivity index (χ0v) is 14.1. The molecular weight excluding hydrogens is 355 g/mol. The first-order valence-corrected chi connectivity index (χ1v) is 7.87. The number of ether oxygens (including phenoxy) is 1. The highest BCUT2D eigenvalue weighted by molar-refractivity contribution is 6.41. The first-order chi connectivity index (χ1) is 11.5. The number of benzene rings is 1. The number of para-hydroxylation sites is 1. The van der Waals surface area contributed by atoms with E-state index in [1.165, 1.54) is 6.20 Å². The molecule has 1 aromatic carbocycles. The predicted molar refractivity (Wildman–Crippen MR) is 89.8 cm³/mol. The first-order valence-electron chi connectivity index (χ1n) is 7.11. The summed E-state index contributed by atoms with van der Waals surface area (Å²) in [4.78, 5) is 24.4. The minimum atomic E-state index is -0.600. The molecule has 0 aliphatic heterocycles. The number of fused-ring (bicyclic) bond motifs is 1. The number of carbonyl (C=O) groups is 1. The van der Waals surface area contributed by atoms with Crippen molar-refractivity contribution in [2.45, 2.75) is 13.5 Å². The van der Waals surface area contributed by atoms with Crippen LogP contribution in [0.2, 0.25) is 10.0 Å². The van der Waals surface area contributed by atoms with Gasteiger partial charge in [0, 0.05) is 10.9 Å². The first kappa shape index (κ1) is 16.5. The lowest BCUT2D eigenvalue weighted by molar-refractivity contribution is 0.0490. The Balaban J connectivity index is 2.14. The summed E-state index contributed by atoms with van der Waals surface area (Å²) in [7, 11) is 0. The van der Waals surface area contributed by atoms with Gasteiger partial charge in [-0.3, -0.25) is 4.79 Å². The normalized spacial score (nSPS) is 11.0. The van der Waals surface area contributed by atoms with Gasteiger partial charge in [0.15, 0.2) is 0 Å². The summed E-state index contributed by atoms with van der Waals surface area (Å²) in [5.41, 5.74) is 0.463. The average molecular weight is 367 g/mol. The molecule has 0 saturated carbocycles. The van der Waals surface area contributed by atoms with Gasteiger partial charge in [0.25, 0.3) is 5.56 Å². The second kappa shape index (κ2) is 6.67. The summed E-state index contributed by atoms with van der Waals surface area (Å²) in [6.07, 6.45) is 1.28. The molecule has 6 nitrogen and oxygen atoms in total. The van der Waals surface area contributed by atoms with E-state index in [0.717, 1.165) is 4.68 Å². The van der Waals surface area contributed by atoms with Crippen LogP contribution in [-0.4, -0.2) is 22.4 Å². The van der Waals surface area contributed by atoms with E-state index in [0.29, 0.717) is 16.5 Å². The van der Waals surface area contributed by atoms with E-state index in [1.807, 2.05) is 0 Å². The molecular formula is C16H12Cl2N2O4. The van der Waals surface area contributed by atoms with E-state index < -0.39 is 11.5 Å². The molecule has 2 aromatic heterocycles. The van der Waals surface area contributed by atoms with E-state index in [1.54, 1.807) is 31.2 Å². The maximum Gasteiger partial charge on any atom is 0.374 e. The number of aromatic nitrogens is 2. The predicted octanol–water partition coefficient (Wildman–Crippen LogP) is 3.52. The van der Waals surface area contributed by atoms with Crippen LogP contribution in [0, 0.1) is 0 Å². The van der Waals surface area contributed by atoms with Crippen LogP contribution >= 0.6 is 23.2 Å². The van der Waals surface area contributed by atoms with Crippen LogP contribution in [0.25, 0.3) is 11.0 Å². The SMILES string of the molecule is CCOC(=O)c1oc2ccccc2c1Cn1ncc(Cl)c(Cl)c1=O. The fraction of sp³-hybridized carbons (Fsp3) is 0.188. The zero-order valence-electron chi connectivity index (χ0n) is 12.6. The van der Waals surface area contributed by atoms with E-state index in [4.69, 9.17) is 32.4 Å². The molecule has 0 N–H and O–H groups in total. The van der Waals surface area contributed by atoms with Gasteiger partial charge in [0.05, 0.1) is 24.4 Å². The molecule has 3 aromatic rings. The van der Waals surface area contributed by atoms with Crippen molar-refractivity contribution in [3.8, 4) is 0 Å². The topological polar surface area (TPSA) is 74.3 Å². The van der Waals surface area contributed by atoms with Gasteiger partial charge in [0.2, 0.25) is 5.76 Å². The number of esters is 1. The molecule has 0 atom stereocenters. The quantitative estimate of drug-likeness (QED) is 0.660. The molecule has 0 aliphatic rings. The van der Waals surface area contributed by atoms with Crippen LogP contribution < -0.4 is 5.56 Å². The van der Waals surface area contributed by atoms with Crippen LogP contribution in [0.15, 0.2) is 39.7 Å². The van der Waals surface area contributed by atoms with Gasteiger partial charge >= 0.3 is 5.97 Å². The number of hydrogen-bond acceptors (Lipinski definition) is 5. The Labute approximate surface area is 146 Å². The van der Waals surface area contributed by atoms with Gasteiger partial charge in [-0.1, -0.05) is 41.4 Å². The summed E-state index contributed by atoms with van der Waals surface area (Å²) in [5.74, 6) is -0.561. The van der Waals surface area contributed by atoms with Gasteiger partial charge in [-0.05, 0) is 13.0 Å². The lowest BCUT2D eigenvalue weighted by atomic mass is 10.1. The summed E-state index contributed by atoms with van der Waals surface area (Å²) < 4.78 is 11.7. The molecule has 0 unspecified atom stereocenters. The highest BCUT2D eigenvalue weighted by Gasteiger charge is 2.22. The molecule has 0 saturated heterocycles. The van der Waals surface area contributed by atoms with Gasteiger partial charge in [0.1, 0.15) is 10.6 Å². The Morgan fingerprint density at radius 3 is 2.83 bits per heavy atom. The summed E-state index contributed by atoms with van der Waals surface area (Å²) in [6.45, 7) is 1.91. The molecule has 0 fully saturated rings. The van der Waals surface area contributed by atoms with Crippen molar-refractivity contribution in [2.75, 3.05) is 6.61 Å². The maximum absolute atomic E-state index is 12.2. The average Bonchev–Trinajstić information content (AvgIpc) is 2.94. The molecule has 124 valence electrons. The van der Waals surface area contributed by atoms with E-state index in [9.17, 15) is 9.59 Å². The van der Waals surface area contributed by atoms with Gasteiger partial charge in [-0.25, -0.2) is 9.48 Å². The van der Waals surface area contributed by atoms with Gasteiger partial charge < -0.3 is 9.15 Å². The molecule has 8 heteroatoms. The number of nitrogens with zero attached hydrogens (tertiary/aromatic N) is 2. The Morgan fingerprint density at radius 1 is 1.33 bits per heavy atom. The fourth-order valence-electron chi connectivity index (χ4n) is 2.32. The van der Waals surface area contributed by atoms with E-state index in [2.05, 4.69) is 5.10 Å². The van der Waals surface area contributed by atoms with E-state index >= 15 is 0 Å². The van der Waals surface area contributed by atoms with Crippen LogP contribution in [0.4, 0.5) is 0 Å². The third-order valence-electron chi connectivity index (χ3n) is 3.41. The highest BCUT2D eigenvalue weighted by atomic mass is 35.5. The van der Waals surface area contributed by atoms with Crippen LogP contribution in [0.1, 0.15) is 23.0 Å². The van der Waals surface area contributed by atoms with Crippen LogP contribution in [0.5, 0.6) is 0 Å². The zero-order chi connectivity index (χ0) is 17.3. The lowest BCUT2D eigenvalue weighted by Crippen LogP contribution is -2.24. The van der Waals surface area contributed by atoms with E-state index in [-0.39, 0.29) is 29.0 Å². The number of hydrogen-bond donors (Lipinski definition) is 0. The Kier molecular flexibility index (Phi) is 4.59. The van der Waals surface area contributed by atoms with Crippen LogP contribution in [0.3, 0.4) is 0 Å². The van der Waals surface area contributed by atoms with Crippen LogP contribution in [-0.2, 0) is 11.3 Å². The molecule has 24 heavy (non-hydrogen) atoms. The molecule has 0 radical (unpaired) electrons. The van der Waals surface area contributed by atoms with Gasteiger partial charge in [-0.2, -0.15) is 5.10 Å². The summed E-state index contributed by atoms with van der Waals surface area (Å²) in [6, 6.07) is 7.11. The molecule has 0 amide bonds. The third-order valence-corrected chi connectivity index (χ3v) is 4.16. The van der Waals surface area contributed by atoms with Crippen molar-refractivity contribution in [1.82, 2.24) is 9.78 Å². The molecule has 0 bridgehead atoms. The minimum absolute atomic E-state index is 0.000876. The van der Waals surface area contributed by atoms with Crippen molar-refractivity contribution in [3.63, 3.8) is 0 Å². The molecule has 2 heterocycles. The third kappa shape index (κ3) is 2.90. The second-order valence-corrected chi connectivity index (χ2v) is 5.68. The number of carbonyl (C=O) groups excluding carboxylic acids is 1. The lowest BCUT2D eigenvalue weighted by Gasteiger charge is -2.06. The van der Waals surface area contributed by atoms with Crippen molar-refractivity contribution >= 4 is 40.1 Å². The van der Waals surface area contributed by atoms with Crippen molar-refractivity contribution in [2.24, 2.45) is 0 Å². The Bertz CT molecular complexity index is 978. The standard InChI is InChI=1S/C16H12Cl2N2O4/c1-2-23-16(22)14-10(9-5-3-4-6-12(9)24-14)8-20-15(21)13(18)11(17)7-19-20/h3-7H,2,8H2,1H3. The summed E-state index contributed by atoms with van der Waals surface area (Å²) in [5, 5.41) is 4.60. The largest absolute Gasteiger partial charge is 0.460 e. The Hall–Kier alpha value is -2.31. The molecule has 0 spiro atoms. The van der Waals surface area contributed by atoms with Crippen molar-refractivity contribution < 1.29 is 13.9 Å². The molecule has 0 aliphatic carbocycles. The highest BCUT2D eigenvalue weighted by Crippen LogP contribution is 2.27. The fourth-order valence-corrected chi connectivity index (χ4v) is 2.60. The van der Waals surface area contributed by atoms with Crippen molar-refractivity contribution in [3.05, 3.63) is 62.2 Å². The smallest absolute Gasteiger partial charge is 0.374 e. The minimum Gasteiger partial charge on any atom is -0.460 e. The monoisotopic (exact) mass is 366 g/mol. The van der Waals surface area contributed by atoms with Gasteiger partial charge in [-0.15, -0.1) is 0 Å². The summed E-state index contributed by atoms with van der Waals surface area (Å²) >= 11 is 11.7. The maximum atomic E-state index is 12.2. The number of halogens is 2.